The molecule has 0 unspecified atom stereocenters. The highest BCUT2D eigenvalue weighted by molar-refractivity contribution is 7.99. The van der Waals surface area contributed by atoms with E-state index in [1.54, 1.807) is 18.2 Å². The van der Waals surface area contributed by atoms with E-state index in [1.165, 1.54) is 35.7 Å². The summed E-state index contributed by atoms with van der Waals surface area (Å²) < 4.78 is 1.35. The van der Waals surface area contributed by atoms with Crippen LogP contribution < -0.4 is 5.84 Å². The van der Waals surface area contributed by atoms with Crippen LogP contribution in [0.1, 0.15) is 32.1 Å². The van der Waals surface area contributed by atoms with Gasteiger partial charge in [-0.1, -0.05) is 54.2 Å². The molecule has 0 saturated heterocycles. The average Bonchev–Trinajstić information content (AvgIpc) is 3.00. The number of benzene rings is 1. The van der Waals surface area contributed by atoms with E-state index in [-0.39, 0.29) is 11.7 Å². The largest absolute Gasteiger partial charge is 0.342 e. The maximum absolute atomic E-state index is 12.5. The molecule has 1 heterocycles. The van der Waals surface area contributed by atoms with Gasteiger partial charge in [0.25, 0.3) is 0 Å². The number of carbonyl (C=O) groups excluding carboxylic acids is 1. The lowest BCUT2D eigenvalue weighted by Crippen LogP contribution is -2.39. The minimum atomic E-state index is 0.0796. The number of halogens is 2. The van der Waals surface area contributed by atoms with E-state index in [2.05, 4.69) is 10.2 Å². The number of hydrogen-bond donors (Lipinski definition) is 1. The second-order valence-corrected chi connectivity index (χ2v) is 8.17. The smallest absolute Gasteiger partial charge is 0.233 e. The Balaban J connectivity index is 1.65. The van der Waals surface area contributed by atoms with E-state index in [9.17, 15) is 4.79 Å². The molecular formula is C17H21Cl2N5OS. The summed E-state index contributed by atoms with van der Waals surface area (Å²) in [4.78, 5) is 14.3. The van der Waals surface area contributed by atoms with Crippen LogP contribution in [-0.4, -0.2) is 44.5 Å². The molecule has 1 saturated carbocycles. The summed E-state index contributed by atoms with van der Waals surface area (Å²) in [5, 5.41) is 9.64. The molecule has 26 heavy (non-hydrogen) atoms. The van der Waals surface area contributed by atoms with E-state index >= 15 is 0 Å². The second kappa shape index (κ2) is 8.50. The Morgan fingerprint density at radius 3 is 2.73 bits per heavy atom. The molecule has 9 heteroatoms. The zero-order valence-corrected chi connectivity index (χ0v) is 16.8. The molecule has 1 aliphatic carbocycles. The van der Waals surface area contributed by atoms with Gasteiger partial charge in [-0.25, -0.2) is 4.68 Å². The number of hydrogen-bond acceptors (Lipinski definition) is 5. The Kier molecular flexibility index (Phi) is 6.32. The van der Waals surface area contributed by atoms with Crippen LogP contribution in [0.5, 0.6) is 0 Å². The Morgan fingerprint density at radius 1 is 1.31 bits per heavy atom. The van der Waals surface area contributed by atoms with Gasteiger partial charge in [-0.15, -0.1) is 10.2 Å². The van der Waals surface area contributed by atoms with Crippen molar-refractivity contribution in [3.8, 4) is 11.4 Å². The van der Waals surface area contributed by atoms with Crippen LogP contribution in [0.15, 0.2) is 23.4 Å². The van der Waals surface area contributed by atoms with Crippen molar-refractivity contribution in [2.24, 2.45) is 0 Å². The molecule has 0 bridgehead atoms. The molecule has 0 aliphatic heterocycles. The van der Waals surface area contributed by atoms with Crippen LogP contribution in [-0.2, 0) is 4.79 Å². The van der Waals surface area contributed by atoms with Gasteiger partial charge in [0, 0.05) is 23.7 Å². The highest BCUT2D eigenvalue weighted by atomic mass is 35.5. The lowest BCUT2D eigenvalue weighted by Gasteiger charge is -2.31. The molecule has 3 rings (SSSR count). The van der Waals surface area contributed by atoms with Gasteiger partial charge in [0.15, 0.2) is 5.82 Å². The Hall–Kier alpha value is -1.44. The van der Waals surface area contributed by atoms with Gasteiger partial charge in [0.05, 0.1) is 10.8 Å². The predicted molar refractivity (Wildman–Crippen MR) is 106 cm³/mol. The monoisotopic (exact) mass is 413 g/mol. The van der Waals surface area contributed by atoms with Gasteiger partial charge in [-0.05, 0) is 31.0 Å². The third-order valence-electron chi connectivity index (χ3n) is 4.68. The first kappa shape index (κ1) is 19.3. The van der Waals surface area contributed by atoms with Crippen molar-refractivity contribution in [3.63, 3.8) is 0 Å². The Bertz CT molecular complexity index is 791. The SMILES string of the molecule is CN(C(=O)CSc1nnc(-c2ccc(Cl)cc2Cl)n1N)C1CCCCC1. The van der Waals surface area contributed by atoms with Crippen LogP contribution in [0.25, 0.3) is 11.4 Å². The molecular weight excluding hydrogens is 393 g/mol. The molecule has 0 atom stereocenters. The minimum absolute atomic E-state index is 0.0796. The highest BCUT2D eigenvalue weighted by Crippen LogP contribution is 2.30. The molecule has 0 radical (unpaired) electrons. The number of nitrogen functional groups attached to an aromatic ring is 1. The number of thioether (sulfide) groups is 1. The fourth-order valence-electron chi connectivity index (χ4n) is 3.13. The molecule has 2 aromatic rings. The van der Waals surface area contributed by atoms with Crippen molar-refractivity contribution < 1.29 is 4.79 Å². The van der Waals surface area contributed by atoms with Crippen molar-refractivity contribution in [1.82, 2.24) is 19.8 Å². The fourth-order valence-corrected chi connectivity index (χ4v) is 4.40. The van der Waals surface area contributed by atoms with E-state index in [1.807, 2.05) is 11.9 Å². The number of amides is 1. The van der Waals surface area contributed by atoms with Crippen LogP contribution in [0, 0.1) is 0 Å². The average molecular weight is 414 g/mol. The third kappa shape index (κ3) is 4.27. The van der Waals surface area contributed by atoms with Crippen molar-refractivity contribution in [1.29, 1.82) is 0 Å². The molecule has 140 valence electrons. The molecule has 1 aliphatic rings. The maximum atomic E-state index is 12.5. The first-order chi connectivity index (χ1) is 12.5. The van der Waals surface area contributed by atoms with Gasteiger partial charge in [-0.2, -0.15) is 0 Å². The summed E-state index contributed by atoms with van der Waals surface area (Å²) in [6, 6.07) is 5.43. The normalized spacial score (nSPS) is 15.2. The van der Waals surface area contributed by atoms with Crippen LogP contribution in [0.3, 0.4) is 0 Å². The number of rotatable bonds is 5. The van der Waals surface area contributed by atoms with Crippen molar-refractivity contribution >= 4 is 40.9 Å². The maximum Gasteiger partial charge on any atom is 0.233 e. The van der Waals surface area contributed by atoms with Gasteiger partial charge in [0.2, 0.25) is 11.1 Å². The van der Waals surface area contributed by atoms with Crippen molar-refractivity contribution in [2.75, 3.05) is 18.6 Å². The summed E-state index contributed by atoms with van der Waals surface area (Å²) in [6.07, 6.45) is 5.81. The summed E-state index contributed by atoms with van der Waals surface area (Å²) >= 11 is 13.4. The Labute approximate surface area is 167 Å². The number of nitrogens with two attached hydrogens (primary N) is 1. The lowest BCUT2D eigenvalue weighted by molar-refractivity contribution is -0.129. The topological polar surface area (TPSA) is 77.0 Å². The van der Waals surface area contributed by atoms with Crippen molar-refractivity contribution in [3.05, 3.63) is 28.2 Å². The molecule has 2 N–H and O–H groups in total. The van der Waals surface area contributed by atoms with Crippen LogP contribution in [0.2, 0.25) is 10.0 Å². The molecule has 1 amide bonds. The summed E-state index contributed by atoms with van der Waals surface area (Å²) in [5.41, 5.74) is 0.642. The third-order valence-corrected chi connectivity index (χ3v) is 6.15. The zero-order chi connectivity index (χ0) is 18.7. The van der Waals surface area contributed by atoms with Crippen LogP contribution >= 0.6 is 35.0 Å². The van der Waals surface area contributed by atoms with E-state index in [4.69, 9.17) is 29.0 Å². The van der Waals surface area contributed by atoms with Gasteiger partial charge in [-0.3, -0.25) is 4.79 Å². The summed E-state index contributed by atoms with van der Waals surface area (Å²) in [6.45, 7) is 0. The minimum Gasteiger partial charge on any atom is -0.342 e. The number of nitrogens with zero attached hydrogens (tertiary/aromatic N) is 4. The first-order valence-electron chi connectivity index (χ1n) is 8.51. The number of carbonyl (C=O) groups is 1. The lowest BCUT2D eigenvalue weighted by atomic mass is 9.94. The molecule has 0 spiro atoms. The fraction of sp³-hybridized carbons (Fsp3) is 0.471. The molecule has 1 aromatic heterocycles. The quantitative estimate of drug-likeness (QED) is 0.594. The Morgan fingerprint density at radius 2 is 2.04 bits per heavy atom. The standard InChI is InChI=1S/C17H21Cl2N5OS/c1-23(12-5-3-2-4-6-12)15(25)10-26-17-22-21-16(24(17)20)13-8-7-11(18)9-14(13)19/h7-9,12H,2-6,10,20H2,1H3. The van der Waals surface area contributed by atoms with Crippen LogP contribution in [0.4, 0.5) is 0 Å². The zero-order valence-electron chi connectivity index (χ0n) is 14.5. The van der Waals surface area contributed by atoms with Gasteiger partial charge in [0.1, 0.15) is 0 Å². The summed E-state index contributed by atoms with van der Waals surface area (Å²) in [7, 11) is 1.88. The van der Waals surface area contributed by atoms with Gasteiger partial charge >= 0.3 is 0 Å². The van der Waals surface area contributed by atoms with Crippen molar-refractivity contribution in [2.45, 2.75) is 43.3 Å². The molecule has 1 fully saturated rings. The molecule has 1 aromatic carbocycles. The van der Waals surface area contributed by atoms with E-state index < -0.39 is 0 Å². The summed E-state index contributed by atoms with van der Waals surface area (Å²) in [5.74, 6) is 6.89. The molecule has 6 nitrogen and oxygen atoms in total. The highest BCUT2D eigenvalue weighted by Gasteiger charge is 2.23. The number of aromatic nitrogens is 3. The van der Waals surface area contributed by atoms with Gasteiger partial charge < -0.3 is 10.7 Å². The first-order valence-corrected chi connectivity index (χ1v) is 10.3. The second-order valence-electron chi connectivity index (χ2n) is 6.39. The predicted octanol–water partition coefficient (Wildman–Crippen LogP) is 3.85. The van der Waals surface area contributed by atoms with E-state index in [0.717, 1.165) is 12.8 Å². The van der Waals surface area contributed by atoms with E-state index in [0.29, 0.717) is 32.6 Å².